The van der Waals surface area contributed by atoms with Gasteiger partial charge < -0.3 is 15.2 Å². The summed E-state index contributed by atoms with van der Waals surface area (Å²) in [5.74, 6) is 0.253. The van der Waals surface area contributed by atoms with E-state index in [1.807, 2.05) is 0 Å². The van der Waals surface area contributed by atoms with E-state index in [9.17, 15) is 8.78 Å². The summed E-state index contributed by atoms with van der Waals surface area (Å²) in [6, 6.07) is 8.57. The van der Waals surface area contributed by atoms with Crippen LogP contribution in [0.2, 0.25) is 0 Å². The Labute approximate surface area is 143 Å². The quantitative estimate of drug-likeness (QED) is 0.753. The van der Waals surface area contributed by atoms with Crippen LogP contribution >= 0.6 is 0 Å². The van der Waals surface area contributed by atoms with Crippen LogP contribution in [0.4, 0.5) is 14.5 Å². The molecule has 0 aliphatic heterocycles. The van der Waals surface area contributed by atoms with Crippen LogP contribution < -0.4 is 15.2 Å². The Morgan fingerprint density at radius 1 is 0.800 bits per heavy atom. The summed E-state index contributed by atoms with van der Waals surface area (Å²) in [4.78, 5) is 7.94. The zero-order valence-corrected chi connectivity index (χ0v) is 13.6. The maximum absolute atomic E-state index is 13.3. The molecule has 0 saturated carbocycles. The molecule has 0 aliphatic rings. The second kappa shape index (κ2) is 6.72. The molecule has 0 atom stereocenters. The number of halogens is 2. The van der Waals surface area contributed by atoms with Gasteiger partial charge in [0.1, 0.15) is 29.5 Å². The van der Waals surface area contributed by atoms with Gasteiger partial charge in [0.05, 0.1) is 0 Å². The van der Waals surface area contributed by atoms with Gasteiger partial charge in [0.25, 0.3) is 0 Å². The smallest absolute Gasteiger partial charge is 0.249 e. The maximum Gasteiger partial charge on any atom is 0.249 e. The fraction of sp³-hybridized carbons (Fsp3) is 0.111. The highest BCUT2D eigenvalue weighted by Crippen LogP contribution is 2.34. The van der Waals surface area contributed by atoms with Crippen molar-refractivity contribution in [1.82, 2.24) is 9.97 Å². The molecule has 0 aliphatic carbocycles. The average molecular weight is 343 g/mol. The van der Waals surface area contributed by atoms with Crippen LogP contribution in [0.3, 0.4) is 0 Å². The van der Waals surface area contributed by atoms with Crippen LogP contribution in [-0.4, -0.2) is 9.97 Å². The SMILES string of the molecule is Cc1cc(Oc2ncnc(Oc3ccc(F)c(C)c3)c2N)ccc1F. The van der Waals surface area contributed by atoms with Crippen molar-refractivity contribution in [2.75, 3.05) is 5.73 Å². The fourth-order valence-electron chi connectivity index (χ4n) is 2.11. The summed E-state index contributed by atoms with van der Waals surface area (Å²) in [6.07, 6.45) is 1.23. The number of nitrogens with two attached hydrogens (primary N) is 1. The van der Waals surface area contributed by atoms with Gasteiger partial charge in [-0.2, -0.15) is 9.97 Å². The zero-order valence-electron chi connectivity index (χ0n) is 13.6. The van der Waals surface area contributed by atoms with E-state index in [2.05, 4.69) is 9.97 Å². The van der Waals surface area contributed by atoms with Gasteiger partial charge in [-0.15, -0.1) is 0 Å². The molecule has 7 heteroatoms. The molecule has 0 radical (unpaired) electrons. The summed E-state index contributed by atoms with van der Waals surface area (Å²) < 4.78 is 37.8. The molecule has 25 heavy (non-hydrogen) atoms. The summed E-state index contributed by atoms with van der Waals surface area (Å²) >= 11 is 0. The number of aromatic nitrogens is 2. The highest BCUT2D eigenvalue weighted by atomic mass is 19.1. The molecule has 2 N–H and O–H groups in total. The Bertz CT molecular complexity index is 860. The molecule has 0 amide bonds. The summed E-state index contributed by atoms with van der Waals surface area (Å²) in [5, 5.41) is 0. The molecule has 1 heterocycles. The first-order chi connectivity index (χ1) is 11.9. The molecular weight excluding hydrogens is 328 g/mol. The minimum Gasteiger partial charge on any atom is -0.437 e. The molecule has 2 aromatic carbocycles. The lowest BCUT2D eigenvalue weighted by Crippen LogP contribution is -2.01. The number of rotatable bonds is 4. The molecule has 1 aromatic heterocycles. The van der Waals surface area contributed by atoms with Crippen LogP contribution in [0.1, 0.15) is 11.1 Å². The summed E-state index contributed by atoms with van der Waals surface area (Å²) in [7, 11) is 0. The normalized spacial score (nSPS) is 10.6. The molecule has 3 rings (SSSR count). The minimum absolute atomic E-state index is 0.0754. The first-order valence-electron chi connectivity index (χ1n) is 7.42. The molecule has 3 aromatic rings. The molecule has 0 spiro atoms. The number of benzene rings is 2. The van der Waals surface area contributed by atoms with Crippen molar-refractivity contribution in [2.24, 2.45) is 0 Å². The van der Waals surface area contributed by atoms with E-state index in [0.29, 0.717) is 22.6 Å². The Kier molecular flexibility index (Phi) is 4.47. The summed E-state index contributed by atoms with van der Waals surface area (Å²) in [6.45, 7) is 3.24. The van der Waals surface area contributed by atoms with Crippen LogP contribution in [-0.2, 0) is 0 Å². The summed E-state index contributed by atoms with van der Waals surface area (Å²) in [5.41, 5.74) is 6.93. The molecular formula is C18H15F2N3O2. The highest BCUT2D eigenvalue weighted by Gasteiger charge is 2.13. The number of hydrogen-bond acceptors (Lipinski definition) is 5. The lowest BCUT2D eigenvalue weighted by Gasteiger charge is -2.11. The lowest BCUT2D eigenvalue weighted by atomic mass is 10.2. The Hall–Kier alpha value is -3.22. The van der Waals surface area contributed by atoms with Gasteiger partial charge in [-0.1, -0.05) is 0 Å². The molecule has 5 nitrogen and oxygen atoms in total. The van der Waals surface area contributed by atoms with Gasteiger partial charge in [0.2, 0.25) is 11.8 Å². The van der Waals surface area contributed by atoms with Crippen molar-refractivity contribution in [1.29, 1.82) is 0 Å². The standard InChI is InChI=1S/C18H15F2N3O2/c1-10-7-12(3-5-14(10)19)24-17-16(21)18(23-9-22-17)25-13-4-6-15(20)11(2)8-13/h3-9H,21H2,1-2H3. The van der Waals surface area contributed by atoms with Crippen LogP contribution in [0.15, 0.2) is 42.7 Å². The Morgan fingerprint density at radius 3 is 1.64 bits per heavy atom. The number of ether oxygens (including phenoxy) is 2. The number of aryl methyl sites for hydroxylation is 2. The van der Waals surface area contributed by atoms with E-state index in [0.717, 1.165) is 0 Å². The number of hydrogen-bond donors (Lipinski definition) is 1. The van der Waals surface area contributed by atoms with Crippen LogP contribution in [0.5, 0.6) is 23.3 Å². The third-order valence-electron chi connectivity index (χ3n) is 3.50. The molecule has 128 valence electrons. The van der Waals surface area contributed by atoms with Crippen molar-refractivity contribution in [3.63, 3.8) is 0 Å². The van der Waals surface area contributed by atoms with Gasteiger partial charge in [0, 0.05) is 0 Å². The fourth-order valence-corrected chi connectivity index (χ4v) is 2.11. The van der Waals surface area contributed by atoms with Gasteiger partial charge >= 0.3 is 0 Å². The van der Waals surface area contributed by atoms with Gasteiger partial charge in [-0.05, 0) is 61.4 Å². The van der Waals surface area contributed by atoms with E-state index in [1.54, 1.807) is 13.8 Å². The van der Waals surface area contributed by atoms with Crippen molar-refractivity contribution >= 4 is 5.69 Å². The van der Waals surface area contributed by atoms with E-state index < -0.39 is 0 Å². The number of anilines is 1. The van der Waals surface area contributed by atoms with Crippen molar-refractivity contribution in [3.8, 4) is 23.3 Å². The number of nitrogens with zero attached hydrogens (tertiary/aromatic N) is 2. The molecule has 0 fully saturated rings. The largest absolute Gasteiger partial charge is 0.437 e. The zero-order chi connectivity index (χ0) is 18.0. The maximum atomic E-state index is 13.3. The van der Waals surface area contributed by atoms with E-state index in [1.165, 1.54) is 42.7 Å². The first-order valence-corrected chi connectivity index (χ1v) is 7.42. The average Bonchev–Trinajstić information content (AvgIpc) is 2.58. The predicted octanol–water partition coefficient (Wildman–Crippen LogP) is 4.54. The predicted molar refractivity (Wildman–Crippen MR) is 88.9 cm³/mol. The minimum atomic E-state index is -0.335. The van der Waals surface area contributed by atoms with Gasteiger partial charge in [0.15, 0.2) is 5.69 Å². The second-order valence-corrected chi connectivity index (χ2v) is 5.42. The van der Waals surface area contributed by atoms with Crippen LogP contribution in [0, 0.1) is 25.5 Å². The molecule has 0 bridgehead atoms. The number of nitrogen functional groups attached to an aromatic ring is 1. The second-order valence-electron chi connectivity index (χ2n) is 5.42. The third kappa shape index (κ3) is 3.65. The van der Waals surface area contributed by atoms with E-state index in [4.69, 9.17) is 15.2 Å². The van der Waals surface area contributed by atoms with Gasteiger partial charge in [-0.3, -0.25) is 0 Å². The van der Waals surface area contributed by atoms with Crippen molar-refractivity contribution < 1.29 is 18.3 Å². The monoisotopic (exact) mass is 343 g/mol. The van der Waals surface area contributed by atoms with E-state index >= 15 is 0 Å². The topological polar surface area (TPSA) is 70.3 Å². The Morgan fingerprint density at radius 2 is 1.24 bits per heavy atom. The van der Waals surface area contributed by atoms with Gasteiger partial charge in [-0.25, -0.2) is 8.78 Å². The van der Waals surface area contributed by atoms with Crippen LogP contribution in [0.25, 0.3) is 0 Å². The lowest BCUT2D eigenvalue weighted by molar-refractivity contribution is 0.436. The van der Waals surface area contributed by atoms with Crippen molar-refractivity contribution in [2.45, 2.75) is 13.8 Å². The first kappa shape index (κ1) is 16.6. The third-order valence-corrected chi connectivity index (χ3v) is 3.50. The van der Waals surface area contributed by atoms with Crippen molar-refractivity contribution in [3.05, 3.63) is 65.5 Å². The Balaban J connectivity index is 1.86. The molecule has 0 unspecified atom stereocenters. The highest BCUT2D eigenvalue weighted by molar-refractivity contribution is 5.58. The molecule has 0 saturated heterocycles. The van der Waals surface area contributed by atoms with E-state index in [-0.39, 0.29) is 29.1 Å².